The summed E-state index contributed by atoms with van der Waals surface area (Å²) in [4.78, 5) is 12.9. The highest BCUT2D eigenvalue weighted by molar-refractivity contribution is 7.92. The Kier molecular flexibility index (Phi) is 5.69. The van der Waals surface area contributed by atoms with Crippen LogP contribution in [0.4, 0.5) is 11.4 Å². The van der Waals surface area contributed by atoms with Gasteiger partial charge in [0.15, 0.2) is 0 Å². The number of nitrogens with one attached hydrogen (secondary N) is 1. The molecule has 6 nitrogen and oxygen atoms in total. The summed E-state index contributed by atoms with van der Waals surface area (Å²) >= 11 is 0. The van der Waals surface area contributed by atoms with Gasteiger partial charge in [-0.1, -0.05) is 24.3 Å². The van der Waals surface area contributed by atoms with Crippen molar-refractivity contribution < 1.29 is 13.2 Å². The van der Waals surface area contributed by atoms with E-state index in [9.17, 15) is 13.2 Å². The van der Waals surface area contributed by atoms with E-state index in [0.29, 0.717) is 11.4 Å². The van der Waals surface area contributed by atoms with Crippen LogP contribution in [0.25, 0.3) is 21.8 Å². The van der Waals surface area contributed by atoms with Crippen molar-refractivity contribution in [3.05, 3.63) is 71.8 Å². The number of anilines is 2. The van der Waals surface area contributed by atoms with E-state index in [-0.39, 0.29) is 6.54 Å². The van der Waals surface area contributed by atoms with Gasteiger partial charge in [0, 0.05) is 34.0 Å². The van der Waals surface area contributed by atoms with Gasteiger partial charge in [0.1, 0.15) is 6.54 Å². The molecule has 0 aliphatic heterocycles. The van der Waals surface area contributed by atoms with Gasteiger partial charge >= 0.3 is 0 Å². The number of para-hydroxylation sites is 1. The number of hydrogen-bond acceptors (Lipinski definition) is 3. The molecular weight excluding hydrogens is 422 g/mol. The molecule has 4 aromatic rings. The maximum absolute atomic E-state index is 12.9. The molecule has 32 heavy (non-hydrogen) atoms. The number of hydrogen-bond donors (Lipinski definition) is 1. The van der Waals surface area contributed by atoms with Gasteiger partial charge in [0.05, 0.1) is 11.9 Å². The monoisotopic (exact) mass is 449 g/mol. The fourth-order valence-corrected chi connectivity index (χ4v) is 5.14. The molecule has 1 aromatic heterocycles. The Labute approximate surface area is 188 Å². The van der Waals surface area contributed by atoms with Crippen molar-refractivity contribution in [2.45, 2.75) is 27.3 Å². The molecule has 0 radical (unpaired) electrons. The number of amides is 1. The molecule has 1 amide bonds. The first-order valence-electron chi connectivity index (χ1n) is 10.5. The molecule has 1 N–H and O–H groups in total. The Morgan fingerprint density at radius 2 is 1.59 bits per heavy atom. The molecule has 166 valence electrons. The summed E-state index contributed by atoms with van der Waals surface area (Å²) < 4.78 is 28.3. The van der Waals surface area contributed by atoms with Gasteiger partial charge < -0.3 is 9.88 Å². The van der Waals surface area contributed by atoms with Crippen LogP contribution in [0.3, 0.4) is 0 Å². The van der Waals surface area contributed by atoms with Crippen LogP contribution in [0.15, 0.2) is 60.7 Å². The van der Waals surface area contributed by atoms with E-state index in [1.54, 1.807) is 12.1 Å². The van der Waals surface area contributed by atoms with Gasteiger partial charge in [-0.2, -0.15) is 0 Å². The summed E-state index contributed by atoms with van der Waals surface area (Å²) in [6.45, 7) is 6.46. The second kappa shape index (κ2) is 8.31. The zero-order valence-electron chi connectivity index (χ0n) is 18.7. The van der Waals surface area contributed by atoms with E-state index >= 15 is 0 Å². The second-order valence-electron chi connectivity index (χ2n) is 8.16. The fourth-order valence-electron chi connectivity index (χ4n) is 4.30. The standard InChI is InChI=1S/C25H27N3O3S/c1-5-27-23-9-7-6-8-21(23)22-15-19(10-11-24(22)27)26-25(29)16-28(32(4,30)31)20-13-17(2)12-18(3)14-20/h6-15H,5,16H2,1-4H3,(H,26,29). The van der Waals surface area contributed by atoms with E-state index in [2.05, 4.69) is 28.9 Å². The van der Waals surface area contributed by atoms with Gasteiger partial charge in [-0.3, -0.25) is 9.10 Å². The third-order valence-electron chi connectivity index (χ3n) is 5.55. The normalized spacial score (nSPS) is 11.8. The largest absolute Gasteiger partial charge is 0.341 e. The average molecular weight is 450 g/mol. The van der Waals surface area contributed by atoms with E-state index in [0.717, 1.165) is 50.0 Å². The maximum atomic E-state index is 12.9. The van der Waals surface area contributed by atoms with Crippen molar-refractivity contribution in [1.29, 1.82) is 0 Å². The van der Waals surface area contributed by atoms with Gasteiger partial charge in [-0.25, -0.2) is 8.42 Å². The van der Waals surface area contributed by atoms with Crippen LogP contribution in [0, 0.1) is 13.8 Å². The van der Waals surface area contributed by atoms with Gasteiger partial charge in [0.2, 0.25) is 15.9 Å². The Hall–Kier alpha value is -3.32. The zero-order valence-corrected chi connectivity index (χ0v) is 19.5. The van der Waals surface area contributed by atoms with Crippen molar-refractivity contribution in [1.82, 2.24) is 4.57 Å². The lowest BCUT2D eigenvalue weighted by Crippen LogP contribution is -2.37. The predicted molar refractivity (Wildman–Crippen MR) is 132 cm³/mol. The molecule has 7 heteroatoms. The number of nitrogens with zero attached hydrogens (tertiary/aromatic N) is 2. The highest BCUT2D eigenvalue weighted by Crippen LogP contribution is 2.31. The molecule has 0 unspecified atom stereocenters. The van der Waals surface area contributed by atoms with Crippen LogP contribution in [0.1, 0.15) is 18.1 Å². The molecule has 0 saturated carbocycles. The molecular formula is C25H27N3O3S. The molecule has 1 heterocycles. The van der Waals surface area contributed by atoms with E-state index in [1.165, 1.54) is 0 Å². The first-order chi connectivity index (χ1) is 15.2. The summed E-state index contributed by atoms with van der Waals surface area (Å²) in [5.74, 6) is -0.395. The molecule has 0 spiro atoms. The lowest BCUT2D eigenvalue weighted by Gasteiger charge is -2.23. The first kappa shape index (κ1) is 21.9. The minimum absolute atomic E-state index is 0.295. The number of sulfonamides is 1. The Balaban J connectivity index is 1.65. The number of carbonyl (C=O) groups excluding carboxylic acids is 1. The molecule has 0 bridgehead atoms. The Bertz CT molecular complexity index is 1420. The van der Waals surface area contributed by atoms with Crippen molar-refractivity contribution in [3.63, 3.8) is 0 Å². The van der Waals surface area contributed by atoms with Gasteiger partial charge in [0.25, 0.3) is 0 Å². The quantitative estimate of drug-likeness (QED) is 0.458. The number of benzene rings is 3. The summed E-state index contributed by atoms with van der Waals surface area (Å²) in [7, 11) is -3.63. The van der Waals surface area contributed by atoms with Gasteiger partial charge in [-0.05, 0) is 68.3 Å². The highest BCUT2D eigenvalue weighted by atomic mass is 32.2. The Morgan fingerprint density at radius 3 is 2.25 bits per heavy atom. The molecule has 0 aliphatic carbocycles. The molecule has 4 rings (SSSR count). The fraction of sp³-hybridized carbons (Fsp3) is 0.240. The van der Waals surface area contributed by atoms with Crippen molar-refractivity contribution in [3.8, 4) is 0 Å². The summed E-state index contributed by atoms with van der Waals surface area (Å²) in [6, 6.07) is 19.5. The first-order valence-corrected chi connectivity index (χ1v) is 12.4. The van der Waals surface area contributed by atoms with Crippen LogP contribution in [0.2, 0.25) is 0 Å². The highest BCUT2D eigenvalue weighted by Gasteiger charge is 2.21. The average Bonchev–Trinajstić information content (AvgIpc) is 3.03. The van der Waals surface area contributed by atoms with Crippen molar-refractivity contribution >= 4 is 49.1 Å². The maximum Gasteiger partial charge on any atom is 0.245 e. The third-order valence-corrected chi connectivity index (χ3v) is 6.69. The van der Waals surface area contributed by atoms with Crippen LogP contribution in [-0.2, 0) is 21.4 Å². The smallest absolute Gasteiger partial charge is 0.245 e. The van der Waals surface area contributed by atoms with Crippen LogP contribution in [0.5, 0.6) is 0 Å². The number of rotatable bonds is 6. The molecule has 0 saturated heterocycles. The zero-order chi connectivity index (χ0) is 23.0. The van der Waals surface area contributed by atoms with Crippen LogP contribution >= 0.6 is 0 Å². The molecule has 0 atom stereocenters. The predicted octanol–water partition coefficient (Wildman–Crippen LogP) is 4.84. The summed E-state index contributed by atoms with van der Waals surface area (Å²) in [5, 5.41) is 5.04. The number of fused-ring (bicyclic) bond motifs is 3. The van der Waals surface area contributed by atoms with Gasteiger partial charge in [-0.15, -0.1) is 0 Å². The summed E-state index contributed by atoms with van der Waals surface area (Å²) in [5.41, 5.74) is 5.24. The lowest BCUT2D eigenvalue weighted by molar-refractivity contribution is -0.114. The molecule has 0 aliphatic rings. The Morgan fingerprint density at radius 1 is 0.938 bits per heavy atom. The SMILES string of the molecule is CCn1c2ccccc2c2cc(NC(=O)CN(c3cc(C)cc(C)c3)S(C)(=O)=O)ccc21. The lowest BCUT2D eigenvalue weighted by atomic mass is 10.1. The van der Waals surface area contributed by atoms with Crippen LogP contribution < -0.4 is 9.62 Å². The van der Waals surface area contributed by atoms with E-state index in [4.69, 9.17) is 0 Å². The van der Waals surface area contributed by atoms with E-state index in [1.807, 2.05) is 50.2 Å². The second-order valence-corrected chi connectivity index (χ2v) is 10.1. The number of aromatic nitrogens is 1. The molecule has 0 fully saturated rings. The summed E-state index contributed by atoms with van der Waals surface area (Å²) in [6.07, 6.45) is 1.11. The number of carbonyl (C=O) groups is 1. The third kappa shape index (κ3) is 4.21. The van der Waals surface area contributed by atoms with Crippen molar-refractivity contribution in [2.75, 3.05) is 22.4 Å². The van der Waals surface area contributed by atoms with Crippen LogP contribution in [-0.4, -0.2) is 31.7 Å². The van der Waals surface area contributed by atoms with E-state index < -0.39 is 15.9 Å². The number of aryl methyl sites for hydroxylation is 3. The molecule has 3 aromatic carbocycles. The topological polar surface area (TPSA) is 71.4 Å². The minimum Gasteiger partial charge on any atom is -0.341 e. The van der Waals surface area contributed by atoms with Crippen molar-refractivity contribution in [2.24, 2.45) is 0 Å². The minimum atomic E-state index is -3.63.